The molecule has 8 nitrogen and oxygen atoms in total. The first-order chi connectivity index (χ1) is 19.0. The fraction of sp³-hybridized carbons (Fsp3) is 0.200. The normalized spacial score (nSPS) is 11.6. The third-order valence-corrected chi connectivity index (χ3v) is 8.87. The van der Waals surface area contributed by atoms with Gasteiger partial charge in [0.15, 0.2) is 0 Å². The Kier molecular flexibility index (Phi) is 8.80. The summed E-state index contributed by atoms with van der Waals surface area (Å²) in [4.78, 5) is 13.0. The van der Waals surface area contributed by atoms with Crippen LogP contribution in [0.4, 0.5) is 5.69 Å². The van der Waals surface area contributed by atoms with Crippen molar-refractivity contribution < 1.29 is 17.9 Å². The summed E-state index contributed by atoms with van der Waals surface area (Å²) in [6.07, 6.45) is 1.57. The zero-order valence-electron chi connectivity index (χ0n) is 23.0. The average molecular weight is 624 g/mol. The fourth-order valence-corrected chi connectivity index (χ4v) is 6.45. The lowest BCUT2D eigenvalue weighted by Crippen LogP contribution is -2.39. The van der Waals surface area contributed by atoms with Gasteiger partial charge in [-0.1, -0.05) is 35.4 Å². The molecule has 0 radical (unpaired) electrons. The van der Waals surface area contributed by atoms with Gasteiger partial charge < -0.3 is 9.30 Å². The molecular formula is C30H31BrN4O4S. The number of anilines is 1. The summed E-state index contributed by atoms with van der Waals surface area (Å²) in [7, 11) is -2.60. The number of hydrazone groups is 1. The number of nitrogens with one attached hydrogen (secondary N) is 1. The van der Waals surface area contributed by atoms with Crippen LogP contribution in [0.3, 0.4) is 0 Å². The van der Waals surface area contributed by atoms with Crippen LogP contribution in [0.1, 0.15) is 28.1 Å². The standard InChI is InChI=1S/C30H31BrN4O4S/c1-20-6-10-25(11-7-20)34(40(37,38)27-14-15-29(39-5)28(31)17-27)19-30(36)33-32-18-24-16-22(3)35(23(24)4)26-12-8-21(2)9-13-26/h6-18H,19H2,1-5H3,(H,33,36)/b32-18-. The minimum atomic E-state index is -4.10. The van der Waals surface area contributed by atoms with E-state index in [0.717, 1.165) is 32.5 Å². The SMILES string of the molecule is COc1ccc(S(=O)(=O)N(CC(=O)N/N=C\c2cc(C)n(-c3ccc(C)cc3)c2C)c2ccc(C)cc2)cc1Br. The Morgan fingerprint density at radius 1 is 0.975 bits per heavy atom. The van der Waals surface area contributed by atoms with Crippen LogP contribution in [-0.4, -0.2) is 38.8 Å². The Bertz CT molecular complexity index is 1660. The quantitative estimate of drug-likeness (QED) is 0.188. The third kappa shape index (κ3) is 6.29. The maximum absolute atomic E-state index is 13.7. The molecule has 1 N–H and O–H groups in total. The van der Waals surface area contributed by atoms with Crippen LogP contribution < -0.4 is 14.5 Å². The van der Waals surface area contributed by atoms with Gasteiger partial charge in [0, 0.05) is 22.6 Å². The Morgan fingerprint density at radius 2 is 1.60 bits per heavy atom. The molecule has 0 saturated heterocycles. The molecule has 0 atom stereocenters. The minimum Gasteiger partial charge on any atom is -0.496 e. The zero-order chi connectivity index (χ0) is 29.0. The van der Waals surface area contributed by atoms with Gasteiger partial charge in [-0.05, 0) is 92.2 Å². The Balaban J connectivity index is 1.56. The number of methoxy groups -OCH3 is 1. The van der Waals surface area contributed by atoms with E-state index in [4.69, 9.17) is 4.74 Å². The lowest BCUT2D eigenvalue weighted by Gasteiger charge is -2.24. The number of ether oxygens (including phenoxy) is 1. The number of benzene rings is 3. The Morgan fingerprint density at radius 3 is 2.20 bits per heavy atom. The highest BCUT2D eigenvalue weighted by Crippen LogP contribution is 2.31. The number of carbonyl (C=O) groups excluding carboxylic acids is 1. The van der Waals surface area contributed by atoms with Crippen LogP contribution >= 0.6 is 15.9 Å². The summed E-state index contributed by atoms with van der Waals surface area (Å²) in [6.45, 7) is 7.47. The summed E-state index contributed by atoms with van der Waals surface area (Å²) in [5.74, 6) is -0.0880. The van der Waals surface area contributed by atoms with Crippen LogP contribution in [-0.2, 0) is 14.8 Å². The molecule has 0 aliphatic carbocycles. The predicted octanol–water partition coefficient (Wildman–Crippen LogP) is 5.83. The molecule has 1 amide bonds. The van der Waals surface area contributed by atoms with Crippen molar-refractivity contribution in [3.05, 3.63) is 105 Å². The topological polar surface area (TPSA) is 93.0 Å². The van der Waals surface area contributed by atoms with E-state index >= 15 is 0 Å². The lowest BCUT2D eigenvalue weighted by atomic mass is 10.2. The molecule has 40 heavy (non-hydrogen) atoms. The van der Waals surface area contributed by atoms with Gasteiger partial charge in [0.25, 0.3) is 15.9 Å². The van der Waals surface area contributed by atoms with Gasteiger partial charge in [-0.15, -0.1) is 0 Å². The van der Waals surface area contributed by atoms with Crippen molar-refractivity contribution in [2.75, 3.05) is 18.0 Å². The molecule has 0 saturated carbocycles. The van der Waals surface area contributed by atoms with Crippen LogP contribution in [0, 0.1) is 27.7 Å². The van der Waals surface area contributed by atoms with Gasteiger partial charge in [-0.2, -0.15) is 5.10 Å². The van der Waals surface area contributed by atoms with E-state index in [1.54, 1.807) is 36.5 Å². The second-order valence-corrected chi connectivity index (χ2v) is 12.2. The van der Waals surface area contributed by atoms with E-state index in [1.807, 2.05) is 33.8 Å². The maximum atomic E-state index is 13.7. The summed E-state index contributed by atoms with van der Waals surface area (Å²) >= 11 is 3.34. The van der Waals surface area contributed by atoms with Crippen molar-refractivity contribution in [1.82, 2.24) is 9.99 Å². The highest BCUT2D eigenvalue weighted by molar-refractivity contribution is 9.10. The average Bonchev–Trinajstić information content (AvgIpc) is 3.20. The molecule has 0 spiro atoms. The van der Waals surface area contributed by atoms with Crippen molar-refractivity contribution in [1.29, 1.82) is 0 Å². The number of hydrogen-bond donors (Lipinski definition) is 1. The summed E-state index contributed by atoms with van der Waals surface area (Å²) in [5.41, 5.74) is 8.85. The van der Waals surface area contributed by atoms with Gasteiger partial charge in [0.1, 0.15) is 12.3 Å². The molecule has 0 aliphatic rings. The highest BCUT2D eigenvalue weighted by Gasteiger charge is 2.28. The van der Waals surface area contributed by atoms with Gasteiger partial charge in [0.05, 0.1) is 28.4 Å². The first-order valence-electron chi connectivity index (χ1n) is 12.5. The number of sulfonamides is 1. The molecule has 10 heteroatoms. The van der Waals surface area contributed by atoms with Gasteiger partial charge >= 0.3 is 0 Å². The first-order valence-corrected chi connectivity index (χ1v) is 14.8. The molecule has 4 rings (SSSR count). The smallest absolute Gasteiger partial charge is 0.264 e. The Labute approximate surface area is 243 Å². The van der Waals surface area contributed by atoms with E-state index in [9.17, 15) is 13.2 Å². The summed E-state index contributed by atoms with van der Waals surface area (Å²) in [6, 6.07) is 21.6. The number of amides is 1. The zero-order valence-corrected chi connectivity index (χ0v) is 25.4. The van der Waals surface area contributed by atoms with E-state index in [0.29, 0.717) is 15.9 Å². The second kappa shape index (κ2) is 12.1. The largest absolute Gasteiger partial charge is 0.496 e. The number of nitrogens with zero attached hydrogens (tertiary/aromatic N) is 3. The van der Waals surface area contributed by atoms with Crippen LogP contribution in [0.5, 0.6) is 5.75 Å². The number of rotatable bonds is 9. The van der Waals surface area contributed by atoms with Crippen molar-refractivity contribution in [3.8, 4) is 11.4 Å². The van der Waals surface area contributed by atoms with Gasteiger partial charge in [0.2, 0.25) is 0 Å². The number of hydrogen-bond acceptors (Lipinski definition) is 5. The summed E-state index contributed by atoms with van der Waals surface area (Å²) in [5, 5.41) is 4.13. The molecule has 208 valence electrons. The van der Waals surface area contributed by atoms with Gasteiger partial charge in [-0.3, -0.25) is 9.10 Å². The minimum absolute atomic E-state index is 0.0144. The number of halogens is 1. The molecule has 0 unspecified atom stereocenters. The van der Waals surface area contributed by atoms with Crippen molar-refractivity contribution in [2.45, 2.75) is 32.6 Å². The van der Waals surface area contributed by atoms with E-state index in [-0.39, 0.29) is 4.90 Å². The van der Waals surface area contributed by atoms with Gasteiger partial charge in [-0.25, -0.2) is 13.8 Å². The van der Waals surface area contributed by atoms with E-state index in [2.05, 4.69) is 55.3 Å². The second-order valence-electron chi connectivity index (χ2n) is 9.43. The number of carbonyl (C=O) groups is 1. The molecule has 0 bridgehead atoms. The Hall–Kier alpha value is -3.89. The van der Waals surface area contributed by atoms with Crippen molar-refractivity contribution >= 4 is 43.8 Å². The molecule has 1 aromatic heterocycles. The number of aromatic nitrogens is 1. The van der Waals surface area contributed by atoms with Crippen molar-refractivity contribution in [3.63, 3.8) is 0 Å². The lowest BCUT2D eigenvalue weighted by molar-refractivity contribution is -0.119. The highest BCUT2D eigenvalue weighted by atomic mass is 79.9. The summed E-state index contributed by atoms with van der Waals surface area (Å²) < 4.78 is 36.3. The van der Waals surface area contributed by atoms with Crippen molar-refractivity contribution in [2.24, 2.45) is 5.10 Å². The van der Waals surface area contributed by atoms with Crippen LogP contribution in [0.25, 0.3) is 5.69 Å². The van der Waals surface area contributed by atoms with Crippen LogP contribution in [0.15, 0.2) is 87.3 Å². The molecule has 4 aromatic rings. The third-order valence-electron chi connectivity index (χ3n) is 6.48. The molecular weight excluding hydrogens is 592 g/mol. The fourth-order valence-electron chi connectivity index (χ4n) is 4.31. The number of aryl methyl sites for hydroxylation is 3. The van der Waals surface area contributed by atoms with E-state index < -0.39 is 22.5 Å². The molecule has 3 aromatic carbocycles. The van der Waals surface area contributed by atoms with E-state index in [1.165, 1.54) is 24.8 Å². The molecule has 0 fully saturated rings. The first kappa shape index (κ1) is 29.1. The predicted molar refractivity (Wildman–Crippen MR) is 162 cm³/mol. The monoisotopic (exact) mass is 622 g/mol. The maximum Gasteiger partial charge on any atom is 0.264 e. The van der Waals surface area contributed by atoms with Crippen LogP contribution in [0.2, 0.25) is 0 Å². The molecule has 0 aliphatic heterocycles. The molecule has 1 heterocycles.